The number of hydrogen-bond donors (Lipinski definition) is 1. The number of carbonyl (C=O) groups is 2. The highest BCUT2D eigenvalue weighted by Crippen LogP contribution is 2.37. The molecular formula is C17H20F2N2O7. The van der Waals surface area contributed by atoms with Gasteiger partial charge in [0.25, 0.3) is 0 Å². The fourth-order valence-electron chi connectivity index (χ4n) is 2.41. The normalized spacial score (nSPS) is 23.2. The van der Waals surface area contributed by atoms with Crippen LogP contribution in [0.3, 0.4) is 0 Å². The van der Waals surface area contributed by atoms with Gasteiger partial charge >= 0.3 is 23.6 Å². The minimum Gasteiger partial charge on any atom is -0.460 e. The summed E-state index contributed by atoms with van der Waals surface area (Å²) >= 11 is 0. The van der Waals surface area contributed by atoms with Gasteiger partial charge in [-0.15, -0.1) is 0 Å². The first kappa shape index (κ1) is 21.6. The lowest BCUT2D eigenvalue weighted by Crippen LogP contribution is -2.43. The summed E-state index contributed by atoms with van der Waals surface area (Å²) in [5, 5.41) is 9.82. The number of aliphatic hydroxyl groups excluding tert-OH is 1. The number of aryl methyl sites for hydroxylation is 1. The molecule has 0 aliphatic carbocycles. The van der Waals surface area contributed by atoms with E-state index in [0.29, 0.717) is 5.69 Å². The Bertz CT molecular complexity index is 824. The molecule has 0 bridgehead atoms. The first-order chi connectivity index (χ1) is 13.0. The second-order valence-corrected chi connectivity index (χ2v) is 6.33. The molecule has 1 N–H and O–H groups in total. The molecule has 1 aliphatic heterocycles. The Hall–Kier alpha value is -2.66. The molecule has 1 saturated heterocycles. The van der Waals surface area contributed by atoms with Crippen LogP contribution in [-0.2, 0) is 30.3 Å². The Morgan fingerprint density at radius 1 is 1.43 bits per heavy atom. The van der Waals surface area contributed by atoms with Crippen LogP contribution < -0.4 is 5.69 Å². The van der Waals surface area contributed by atoms with E-state index >= 15 is 0 Å². The van der Waals surface area contributed by atoms with E-state index in [1.54, 1.807) is 6.92 Å². The van der Waals surface area contributed by atoms with Gasteiger partial charge in [0.2, 0.25) is 0 Å². The quantitative estimate of drug-likeness (QED) is 0.500. The van der Waals surface area contributed by atoms with Crippen LogP contribution in [0.5, 0.6) is 0 Å². The molecule has 1 aromatic heterocycles. The Balaban J connectivity index is 1.94. The molecule has 1 fully saturated rings. The minimum absolute atomic E-state index is 0.0747. The standard InChI is InChI=1S/C17H20F2N2O7/c1-9(2)15(24)27-8-13(22)26-7-11-14(23)17(18,19)12(28-11)6-21-5-4-10(3)20-16(21)25/h4-5,11-12,14,23H,1,6-8H2,2-3H3/t11-,12+,14-/m1/s1. The van der Waals surface area contributed by atoms with E-state index in [-0.39, 0.29) is 5.57 Å². The van der Waals surface area contributed by atoms with Gasteiger partial charge in [-0.05, 0) is 19.9 Å². The van der Waals surface area contributed by atoms with E-state index < -0.39 is 61.6 Å². The number of nitrogens with zero attached hydrogens (tertiary/aromatic N) is 2. The third-order valence-electron chi connectivity index (χ3n) is 3.97. The van der Waals surface area contributed by atoms with Crippen LogP contribution >= 0.6 is 0 Å². The van der Waals surface area contributed by atoms with E-state index in [4.69, 9.17) is 9.47 Å². The lowest BCUT2D eigenvalue weighted by Gasteiger charge is -2.20. The maximum absolute atomic E-state index is 14.3. The zero-order chi connectivity index (χ0) is 21.1. The first-order valence-corrected chi connectivity index (χ1v) is 8.26. The van der Waals surface area contributed by atoms with Crippen molar-refractivity contribution >= 4 is 11.9 Å². The molecule has 28 heavy (non-hydrogen) atoms. The molecule has 2 rings (SSSR count). The largest absolute Gasteiger partial charge is 0.460 e. The Morgan fingerprint density at radius 2 is 2.11 bits per heavy atom. The lowest BCUT2D eigenvalue weighted by molar-refractivity contribution is -0.160. The molecule has 1 aromatic rings. The van der Waals surface area contributed by atoms with Crippen LogP contribution in [0.4, 0.5) is 8.78 Å². The van der Waals surface area contributed by atoms with E-state index in [1.807, 2.05) is 0 Å². The predicted molar refractivity (Wildman–Crippen MR) is 89.6 cm³/mol. The summed E-state index contributed by atoms with van der Waals surface area (Å²) in [6.45, 7) is 4.32. The molecule has 0 radical (unpaired) electrons. The number of halogens is 2. The fourth-order valence-corrected chi connectivity index (χ4v) is 2.41. The van der Waals surface area contributed by atoms with Gasteiger partial charge in [0, 0.05) is 17.5 Å². The highest BCUT2D eigenvalue weighted by Gasteiger charge is 2.58. The number of aliphatic hydroxyl groups is 1. The van der Waals surface area contributed by atoms with Gasteiger partial charge in [0.05, 0.1) is 6.54 Å². The molecule has 1 aliphatic rings. The summed E-state index contributed by atoms with van der Waals surface area (Å²) < 4.78 is 43.9. The van der Waals surface area contributed by atoms with Gasteiger partial charge in [0.15, 0.2) is 6.61 Å². The minimum atomic E-state index is -3.69. The molecule has 0 amide bonds. The topological polar surface area (TPSA) is 117 Å². The summed E-state index contributed by atoms with van der Waals surface area (Å²) in [6.07, 6.45) is -4.30. The predicted octanol–water partition coefficient (Wildman–Crippen LogP) is -0.0222. The molecule has 9 nitrogen and oxygen atoms in total. The van der Waals surface area contributed by atoms with E-state index in [2.05, 4.69) is 16.3 Å². The van der Waals surface area contributed by atoms with Crippen molar-refractivity contribution in [1.82, 2.24) is 9.55 Å². The Labute approximate surface area is 158 Å². The van der Waals surface area contributed by atoms with Crippen LogP contribution in [0.2, 0.25) is 0 Å². The SMILES string of the molecule is C=C(C)C(=O)OCC(=O)OC[C@H]1O[C@@H](Cn2ccc(C)nc2=O)C(F)(F)[C@@H]1O. The third kappa shape index (κ3) is 4.98. The number of hydrogen-bond acceptors (Lipinski definition) is 8. The number of rotatable bonds is 7. The van der Waals surface area contributed by atoms with Crippen molar-refractivity contribution in [3.63, 3.8) is 0 Å². The molecule has 0 spiro atoms. The zero-order valence-electron chi connectivity index (χ0n) is 15.3. The number of esters is 2. The maximum Gasteiger partial charge on any atom is 0.347 e. The highest BCUT2D eigenvalue weighted by molar-refractivity contribution is 5.88. The van der Waals surface area contributed by atoms with Crippen molar-refractivity contribution in [3.8, 4) is 0 Å². The van der Waals surface area contributed by atoms with Crippen molar-refractivity contribution in [1.29, 1.82) is 0 Å². The smallest absolute Gasteiger partial charge is 0.347 e. The molecule has 3 atom stereocenters. The van der Waals surface area contributed by atoms with E-state index in [0.717, 1.165) is 4.57 Å². The van der Waals surface area contributed by atoms with Crippen LogP contribution in [0.15, 0.2) is 29.2 Å². The van der Waals surface area contributed by atoms with Gasteiger partial charge in [0.1, 0.15) is 24.9 Å². The summed E-state index contributed by atoms with van der Waals surface area (Å²) in [5.41, 5.74) is -0.230. The van der Waals surface area contributed by atoms with Gasteiger partial charge in [-0.3, -0.25) is 4.57 Å². The third-order valence-corrected chi connectivity index (χ3v) is 3.97. The van der Waals surface area contributed by atoms with Gasteiger partial charge in [-0.2, -0.15) is 4.98 Å². The Morgan fingerprint density at radius 3 is 2.71 bits per heavy atom. The molecule has 0 unspecified atom stereocenters. The number of ether oxygens (including phenoxy) is 3. The summed E-state index contributed by atoms with van der Waals surface area (Å²) in [7, 11) is 0. The summed E-state index contributed by atoms with van der Waals surface area (Å²) in [6, 6.07) is 1.47. The van der Waals surface area contributed by atoms with E-state index in [1.165, 1.54) is 19.2 Å². The average Bonchev–Trinajstić information content (AvgIpc) is 2.83. The first-order valence-electron chi connectivity index (χ1n) is 8.26. The molecule has 2 heterocycles. The molecular weight excluding hydrogens is 382 g/mol. The lowest BCUT2D eigenvalue weighted by atomic mass is 10.1. The molecule has 0 aromatic carbocycles. The van der Waals surface area contributed by atoms with Gasteiger partial charge < -0.3 is 19.3 Å². The number of alkyl halides is 2. The van der Waals surface area contributed by atoms with Crippen molar-refractivity contribution < 1.29 is 37.7 Å². The van der Waals surface area contributed by atoms with Crippen LogP contribution in [0.1, 0.15) is 12.6 Å². The Kier molecular flexibility index (Phi) is 6.62. The maximum atomic E-state index is 14.3. The number of aromatic nitrogens is 2. The second-order valence-electron chi connectivity index (χ2n) is 6.33. The van der Waals surface area contributed by atoms with Crippen molar-refractivity contribution in [2.75, 3.05) is 13.2 Å². The van der Waals surface area contributed by atoms with Gasteiger partial charge in [-0.25, -0.2) is 23.2 Å². The van der Waals surface area contributed by atoms with Crippen LogP contribution in [-0.4, -0.2) is 64.0 Å². The highest BCUT2D eigenvalue weighted by atomic mass is 19.3. The van der Waals surface area contributed by atoms with Crippen molar-refractivity contribution in [2.24, 2.45) is 0 Å². The van der Waals surface area contributed by atoms with Crippen molar-refractivity contribution in [2.45, 2.75) is 44.6 Å². The molecule has 154 valence electrons. The zero-order valence-corrected chi connectivity index (χ0v) is 15.3. The summed E-state index contributed by atoms with van der Waals surface area (Å²) in [4.78, 5) is 38.1. The number of carbonyl (C=O) groups excluding carboxylic acids is 2. The fraction of sp³-hybridized carbons (Fsp3) is 0.529. The average molecular weight is 402 g/mol. The monoisotopic (exact) mass is 402 g/mol. The van der Waals surface area contributed by atoms with Crippen LogP contribution in [0.25, 0.3) is 0 Å². The summed E-state index contributed by atoms with van der Waals surface area (Å²) in [5.74, 6) is -5.50. The second kappa shape index (κ2) is 8.57. The molecule has 0 saturated carbocycles. The van der Waals surface area contributed by atoms with E-state index in [9.17, 15) is 28.3 Å². The molecule has 11 heteroatoms. The van der Waals surface area contributed by atoms with Gasteiger partial charge in [-0.1, -0.05) is 6.58 Å². The van der Waals surface area contributed by atoms with Crippen LogP contribution in [0, 0.1) is 6.92 Å². The van der Waals surface area contributed by atoms with Crippen molar-refractivity contribution in [3.05, 3.63) is 40.6 Å².